The maximum absolute atomic E-state index is 11.9. The fourth-order valence-corrected chi connectivity index (χ4v) is 2.54. The highest BCUT2D eigenvalue weighted by molar-refractivity contribution is 8.26. The Labute approximate surface area is 110 Å². The van der Waals surface area contributed by atoms with Crippen LogP contribution in [0, 0.1) is 0 Å². The van der Waals surface area contributed by atoms with E-state index in [0.29, 0.717) is 18.2 Å². The van der Waals surface area contributed by atoms with Crippen molar-refractivity contribution in [3.05, 3.63) is 0 Å². The van der Waals surface area contributed by atoms with E-state index in [0.717, 1.165) is 17.7 Å². The van der Waals surface area contributed by atoms with Crippen LogP contribution in [0.25, 0.3) is 0 Å². The minimum Gasteiger partial charge on any atom is -0.287 e. The molecule has 0 aromatic rings. The van der Waals surface area contributed by atoms with Crippen molar-refractivity contribution in [3.63, 3.8) is 0 Å². The normalized spacial score (nSPS) is 17.1. The molecule has 0 aliphatic carbocycles. The lowest BCUT2D eigenvalue weighted by Gasteiger charge is -2.24. The Morgan fingerprint density at radius 1 is 1.28 bits per heavy atom. The zero-order valence-electron chi connectivity index (χ0n) is 10.6. The second-order valence-electron chi connectivity index (χ2n) is 4.23. The first-order chi connectivity index (χ1) is 8.47. The Morgan fingerprint density at radius 2 is 1.83 bits per heavy atom. The molecule has 1 aliphatic heterocycles. The van der Waals surface area contributed by atoms with Crippen LogP contribution < -0.4 is 0 Å². The van der Waals surface area contributed by atoms with Gasteiger partial charge in [-0.1, -0.05) is 19.8 Å². The Bertz CT molecular complexity index is 364. The first kappa shape index (κ1) is 14.9. The highest BCUT2D eigenvalue weighted by Crippen LogP contribution is 2.23. The van der Waals surface area contributed by atoms with Gasteiger partial charge < -0.3 is 0 Å². The van der Waals surface area contributed by atoms with Crippen molar-refractivity contribution in [3.8, 4) is 0 Å². The number of nitrogens with zero attached hydrogens (tertiary/aromatic N) is 1. The fraction of sp³-hybridized carbons (Fsp3) is 0.667. The average molecular weight is 271 g/mol. The molecule has 5 nitrogen and oxygen atoms in total. The van der Waals surface area contributed by atoms with Crippen molar-refractivity contribution in [2.45, 2.75) is 52.0 Å². The van der Waals surface area contributed by atoms with E-state index in [2.05, 4.69) is 0 Å². The number of unbranched alkanes of at least 4 members (excludes halogenated alkanes) is 1. The van der Waals surface area contributed by atoms with E-state index in [1.54, 1.807) is 0 Å². The number of imide groups is 1. The molecule has 0 bridgehead atoms. The van der Waals surface area contributed by atoms with Gasteiger partial charge in [0.1, 0.15) is 6.04 Å². The Balaban J connectivity index is 2.82. The molecule has 1 saturated heterocycles. The van der Waals surface area contributed by atoms with Crippen LogP contribution in [0.5, 0.6) is 0 Å². The van der Waals surface area contributed by atoms with E-state index in [-0.39, 0.29) is 29.8 Å². The van der Waals surface area contributed by atoms with Gasteiger partial charge in [-0.25, -0.2) is 0 Å². The van der Waals surface area contributed by atoms with E-state index < -0.39 is 11.2 Å². The lowest BCUT2D eigenvalue weighted by Crippen LogP contribution is -2.43. The molecule has 1 rings (SSSR count). The molecular formula is C12H17NO4S. The molecular weight excluding hydrogens is 254 g/mol. The van der Waals surface area contributed by atoms with Gasteiger partial charge in [0.2, 0.25) is 16.9 Å². The molecule has 1 unspecified atom stereocenters. The molecule has 0 N–H and O–H groups in total. The van der Waals surface area contributed by atoms with Crippen molar-refractivity contribution in [2.75, 3.05) is 0 Å². The number of hydrogen-bond acceptors (Lipinski definition) is 5. The molecule has 1 heterocycles. The van der Waals surface area contributed by atoms with Gasteiger partial charge in [0.05, 0.1) is 0 Å². The highest BCUT2D eigenvalue weighted by Gasteiger charge is 2.38. The second-order valence-corrected chi connectivity index (χ2v) is 5.41. The molecule has 6 heteroatoms. The number of hydrogen-bond donors (Lipinski definition) is 0. The summed E-state index contributed by atoms with van der Waals surface area (Å²) in [6.07, 6.45) is 2.38. The summed E-state index contributed by atoms with van der Waals surface area (Å²) in [7, 11) is 0. The fourth-order valence-electron chi connectivity index (χ4n) is 1.90. The summed E-state index contributed by atoms with van der Waals surface area (Å²) in [6, 6.07) is -0.777. The topological polar surface area (TPSA) is 71.5 Å². The summed E-state index contributed by atoms with van der Waals surface area (Å²) >= 11 is 0.580. The maximum atomic E-state index is 11.9. The molecule has 0 radical (unpaired) electrons. The van der Waals surface area contributed by atoms with Crippen LogP contribution in [0.1, 0.15) is 46.0 Å². The van der Waals surface area contributed by atoms with Crippen LogP contribution in [0.2, 0.25) is 0 Å². The summed E-state index contributed by atoms with van der Waals surface area (Å²) in [5.41, 5.74) is 0. The van der Waals surface area contributed by atoms with Crippen LogP contribution in [0.4, 0.5) is 0 Å². The van der Waals surface area contributed by atoms with Crippen molar-refractivity contribution in [2.24, 2.45) is 0 Å². The maximum Gasteiger partial charge on any atom is 0.230 e. The lowest BCUT2D eigenvalue weighted by atomic mass is 10.1. The highest BCUT2D eigenvalue weighted by atomic mass is 32.2. The van der Waals surface area contributed by atoms with Gasteiger partial charge in [0.25, 0.3) is 0 Å². The number of carbonyl (C=O) groups excluding carboxylic acids is 4. The number of amides is 2. The van der Waals surface area contributed by atoms with E-state index in [1.165, 1.54) is 6.92 Å². The number of likely N-dealkylation sites (tertiary alicyclic amines) is 1. The van der Waals surface area contributed by atoms with Crippen molar-refractivity contribution in [1.82, 2.24) is 4.90 Å². The quantitative estimate of drug-likeness (QED) is 0.709. The number of carbonyl (C=O) groups is 4. The molecule has 1 fully saturated rings. The van der Waals surface area contributed by atoms with Crippen molar-refractivity contribution < 1.29 is 19.2 Å². The van der Waals surface area contributed by atoms with Crippen molar-refractivity contribution in [1.29, 1.82) is 0 Å². The molecule has 0 saturated carbocycles. The lowest BCUT2D eigenvalue weighted by molar-refractivity contribution is -0.144. The summed E-state index contributed by atoms with van der Waals surface area (Å²) in [6.45, 7) is 3.26. The largest absolute Gasteiger partial charge is 0.287 e. The van der Waals surface area contributed by atoms with Crippen LogP contribution in [0.3, 0.4) is 0 Å². The van der Waals surface area contributed by atoms with E-state index >= 15 is 0 Å². The Hall–Kier alpha value is -1.17. The first-order valence-corrected chi connectivity index (χ1v) is 6.86. The summed E-state index contributed by atoms with van der Waals surface area (Å²) in [5, 5.41) is -0.722. The predicted molar refractivity (Wildman–Crippen MR) is 67.7 cm³/mol. The number of rotatable bonds is 5. The smallest absolute Gasteiger partial charge is 0.230 e. The minimum atomic E-state index is -0.777. The van der Waals surface area contributed by atoms with E-state index in [9.17, 15) is 19.2 Å². The van der Waals surface area contributed by atoms with Crippen LogP contribution in [-0.2, 0) is 19.2 Å². The molecule has 0 spiro atoms. The van der Waals surface area contributed by atoms with Crippen molar-refractivity contribution >= 4 is 33.8 Å². The summed E-state index contributed by atoms with van der Waals surface area (Å²) in [4.78, 5) is 47.2. The van der Waals surface area contributed by atoms with Gasteiger partial charge in [-0.2, -0.15) is 0 Å². The van der Waals surface area contributed by atoms with Crippen LogP contribution in [-0.4, -0.2) is 33.0 Å². The molecule has 18 heavy (non-hydrogen) atoms. The monoisotopic (exact) mass is 271 g/mol. The Morgan fingerprint density at radius 3 is 2.28 bits per heavy atom. The third-order valence-electron chi connectivity index (χ3n) is 2.75. The number of thioether (sulfide) groups is 1. The average Bonchev–Trinajstić information content (AvgIpc) is 2.60. The van der Waals surface area contributed by atoms with Gasteiger partial charge in [0.15, 0.2) is 5.12 Å². The van der Waals surface area contributed by atoms with Gasteiger partial charge >= 0.3 is 0 Å². The van der Waals surface area contributed by atoms with Gasteiger partial charge in [-0.3, -0.25) is 24.1 Å². The Kier molecular flexibility index (Phi) is 5.53. The van der Waals surface area contributed by atoms with Crippen LogP contribution in [0.15, 0.2) is 0 Å². The van der Waals surface area contributed by atoms with E-state index in [4.69, 9.17) is 0 Å². The predicted octanol–water partition coefficient (Wildman–Crippen LogP) is 1.50. The standard InChI is InChI=1S/C12H17NO4S/c1-3-4-5-9(12(17)18-8(2)14)13-10(15)6-7-11(13)16/h9H,3-7H2,1-2H3. The van der Waals surface area contributed by atoms with Crippen LogP contribution >= 0.6 is 11.8 Å². The van der Waals surface area contributed by atoms with Gasteiger partial charge in [-0.05, 0) is 18.2 Å². The van der Waals surface area contributed by atoms with Gasteiger partial charge in [-0.15, -0.1) is 0 Å². The summed E-state index contributed by atoms with van der Waals surface area (Å²) in [5.74, 6) is -0.614. The third kappa shape index (κ3) is 3.66. The molecule has 0 aromatic carbocycles. The van der Waals surface area contributed by atoms with Gasteiger partial charge in [0, 0.05) is 19.8 Å². The molecule has 1 atom stereocenters. The second kappa shape index (κ2) is 6.68. The SMILES string of the molecule is CCCCC(C(=O)SC(C)=O)N1C(=O)CCC1=O. The zero-order chi connectivity index (χ0) is 13.7. The first-order valence-electron chi connectivity index (χ1n) is 6.04. The molecule has 0 aromatic heterocycles. The summed E-state index contributed by atoms with van der Waals surface area (Å²) < 4.78 is 0. The molecule has 1 aliphatic rings. The third-order valence-corrected chi connectivity index (χ3v) is 3.51. The van der Waals surface area contributed by atoms with E-state index in [1.807, 2.05) is 6.92 Å². The molecule has 100 valence electrons. The molecule has 2 amide bonds. The minimum absolute atomic E-state index is 0.166. The zero-order valence-corrected chi connectivity index (χ0v) is 11.4.